The minimum absolute atomic E-state index is 0.0984. The molecule has 1 aromatic heterocycles. The summed E-state index contributed by atoms with van der Waals surface area (Å²) in [6.07, 6.45) is 0.895. The Morgan fingerprint density at radius 1 is 1.28 bits per heavy atom. The number of thiophene rings is 1. The first-order valence-corrected chi connectivity index (χ1v) is 6.96. The van der Waals surface area contributed by atoms with Crippen LogP contribution in [-0.4, -0.2) is 5.78 Å². The van der Waals surface area contributed by atoms with Crippen molar-refractivity contribution in [1.82, 2.24) is 0 Å². The number of hydrogen-bond acceptors (Lipinski definition) is 2. The maximum Gasteiger partial charge on any atom is 0.173 e. The lowest BCUT2D eigenvalue weighted by molar-refractivity contribution is 0.0981. The van der Waals surface area contributed by atoms with E-state index in [1.54, 1.807) is 11.3 Å². The fourth-order valence-electron chi connectivity index (χ4n) is 1.57. The van der Waals surface area contributed by atoms with E-state index in [9.17, 15) is 13.6 Å². The molecule has 0 aliphatic carbocycles. The van der Waals surface area contributed by atoms with Gasteiger partial charge in [-0.2, -0.15) is 0 Å². The second-order valence-corrected chi connectivity index (χ2v) is 5.55. The number of Topliss-reactive ketones (excluding diaryl/α,β-unsaturated/α-hetero) is 1. The zero-order valence-corrected chi connectivity index (χ0v) is 11.7. The zero-order valence-electron chi connectivity index (χ0n) is 9.25. The Balaban J connectivity index is 2.12. The lowest BCUT2D eigenvalue weighted by Crippen LogP contribution is -2.04. The molecule has 0 aliphatic rings. The van der Waals surface area contributed by atoms with Crippen LogP contribution in [0.4, 0.5) is 8.78 Å². The largest absolute Gasteiger partial charge is 0.294 e. The molecule has 0 bridgehead atoms. The average molecular weight is 331 g/mol. The highest BCUT2D eigenvalue weighted by Crippen LogP contribution is 2.24. The van der Waals surface area contributed by atoms with Gasteiger partial charge in [0, 0.05) is 16.9 Å². The first-order chi connectivity index (χ1) is 8.59. The molecule has 0 aliphatic heterocycles. The number of rotatable bonds is 4. The van der Waals surface area contributed by atoms with Gasteiger partial charge < -0.3 is 0 Å². The summed E-state index contributed by atoms with van der Waals surface area (Å²) in [6, 6.07) is 6.13. The number of ketones is 1. The summed E-state index contributed by atoms with van der Waals surface area (Å²) in [4.78, 5) is 13.0. The SMILES string of the molecule is O=C(CCc1cccs1)c1ccc(F)c(F)c1Br. The van der Waals surface area contributed by atoms with E-state index in [4.69, 9.17) is 0 Å². The standard InChI is InChI=1S/C13H9BrF2OS/c14-12-9(4-5-10(15)13(12)16)11(17)6-3-8-2-1-7-18-8/h1-2,4-5,7H,3,6H2. The Morgan fingerprint density at radius 3 is 2.72 bits per heavy atom. The van der Waals surface area contributed by atoms with E-state index in [-0.39, 0.29) is 22.2 Å². The summed E-state index contributed by atoms with van der Waals surface area (Å²) in [5, 5.41) is 1.94. The number of aryl methyl sites for hydroxylation is 1. The first kappa shape index (κ1) is 13.4. The van der Waals surface area contributed by atoms with Crippen molar-refractivity contribution in [3.05, 3.63) is 56.2 Å². The minimum Gasteiger partial charge on any atom is -0.294 e. The van der Waals surface area contributed by atoms with Gasteiger partial charge >= 0.3 is 0 Å². The molecule has 0 unspecified atom stereocenters. The molecule has 2 aromatic rings. The third-order valence-electron chi connectivity index (χ3n) is 2.51. The topological polar surface area (TPSA) is 17.1 Å². The quantitative estimate of drug-likeness (QED) is 0.591. The van der Waals surface area contributed by atoms with Crippen LogP contribution < -0.4 is 0 Å². The Bertz CT molecular complexity index is 567. The molecule has 0 spiro atoms. The first-order valence-electron chi connectivity index (χ1n) is 5.28. The molecule has 94 valence electrons. The summed E-state index contributed by atoms with van der Waals surface area (Å²) in [7, 11) is 0. The second-order valence-electron chi connectivity index (χ2n) is 3.73. The molecule has 18 heavy (non-hydrogen) atoms. The van der Waals surface area contributed by atoms with Crippen LogP contribution in [0.3, 0.4) is 0 Å². The van der Waals surface area contributed by atoms with Crippen LogP contribution in [0.15, 0.2) is 34.1 Å². The molecule has 0 saturated carbocycles. The van der Waals surface area contributed by atoms with Crippen LogP contribution in [0, 0.1) is 11.6 Å². The molecule has 0 saturated heterocycles. The van der Waals surface area contributed by atoms with E-state index in [2.05, 4.69) is 15.9 Å². The van der Waals surface area contributed by atoms with Crippen molar-refractivity contribution >= 4 is 33.0 Å². The zero-order chi connectivity index (χ0) is 13.1. The molecule has 0 atom stereocenters. The molecule has 0 fully saturated rings. The predicted octanol–water partition coefficient (Wildman–Crippen LogP) is 4.60. The summed E-state index contributed by atoms with van der Waals surface area (Å²) < 4.78 is 26.1. The van der Waals surface area contributed by atoms with E-state index < -0.39 is 11.6 Å². The molecule has 1 heterocycles. The number of hydrogen-bond donors (Lipinski definition) is 0. The van der Waals surface area contributed by atoms with Crippen LogP contribution in [0.2, 0.25) is 0 Å². The third-order valence-corrected chi connectivity index (χ3v) is 4.23. The van der Waals surface area contributed by atoms with E-state index in [1.807, 2.05) is 17.5 Å². The maximum absolute atomic E-state index is 13.3. The molecule has 1 nitrogen and oxygen atoms in total. The average Bonchev–Trinajstić information content (AvgIpc) is 2.86. The highest BCUT2D eigenvalue weighted by Gasteiger charge is 2.16. The minimum atomic E-state index is -1.02. The second kappa shape index (κ2) is 5.71. The van der Waals surface area contributed by atoms with Crippen molar-refractivity contribution in [2.24, 2.45) is 0 Å². The number of carbonyl (C=O) groups excluding carboxylic acids is 1. The molecule has 2 rings (SSSR count). The summed E-state index contributed by atoms with van der Waals surface area (Å²) in [5.41, 5.74) is 0.186. The van der Waals surface area contributed by atoms with Crippen LogP contribution in [0.25, 0.3) is 0 Å². The molecule has 0 radical (unpaired) electrons. The molecular formula is C13H9BrF2OS. The number of carbonyl (C=O) groups is 1. The van der Waals surface area contributed by atoms with Crippen molar-refractivity contribution in [2.45, 2.75) is 12.8 Å². The fourth-order valence-corrected chi connectivity index (χ4v) is 2.82. The lowest BCUT2D eigenvalue weighted by Gasteiger charge is -2.04. The van der Waals surface area contributed by atoms with Crippen LogP contribution in [0.5, 0.6) is 0 Å². The Hall–Kier alpha value is -1.07. The maximum atomic E-state index is 13.3. The van der Waals surface area contributed by atoms with E-state index in [0.29, 0.717) is 6.42 Å². The van der Waals surface area contributed by atoms with Gasteiger partial charge in [0.05, 0.1) is 4.47 Å². The monoisotopic (exact) mass is 330 g/mol. The molecule has 1 aromatic carbocycles. The number of halogens is 3. The van der Waals surface area contributed by atoms with Crippen molar-refractivity contribution in [2.75, 3.05) is 0 Å². The van der Waals surface area contributed by atoms with Gasteiger partial charge in [-0.1, -0.05) is 6.07 Å². The van der Waals surface area contributed by atoms with Gasteiger partial charge in [-0.25, -0.2) is 8.78 Å². The van der Waals surface area contributed by atoms with Gasteiger partial charge in [0.2, 0.25) is 0 Å². The highest BCUT2D eigenvalue weighted by molar-refractivity contribution is 9.10. The Morgan fingerprint density at radius 2 is 2.06 bits per heavy atom. The van der Waals surface area contributed by atoms with E-state index in [0.717, 1.165) is 10.9 Å². The van der Waals surface area contributed by atoms with Gasteiger partial charge in [0.1, 0.15) is 0 Å². The Kier molecular flexibility index (Phi) is 4.24. The molecule has 0 N–H and O–H groups in total. The van der Waals surface area contributed by atoms with Gasteiger partial charge in [-0.05, 0) is 45.9 Å². The van der Waals surface area contributed by atoms with Crippen LogP contribution in [0.1, 0.15) is 21.7 Å². The molecular weight excluding hydrogens is 322 g/mol. The summed E-state index contributed by atoms with van der Waals surface area (Å²) in [6.45, 7) is 0. The van der Waals surface area contributed by atoms with Crippen molar-refractivity contribution in [1.29, 1.82) is 0 Å². The fraction of sp³-hybridized carbons (Fsp3) is 0.154. The summed E-state index contributed by atoms with van der Waals surface area (Å²) >= 11 is 4.49. The normalized spacial score (nSPS) is 10.6. The summed E-state index contributed by atoms with van der Waals surface area (Å²) in [5.74, 6) is -2.18. The van der Waals surface area contributed by atoms with E-state index >= 15 is 0 Å². The van der Waals surface area contributed by atoms with Gasteiger partial charge in [-0.15, -0.1) is 11.3 Å². The predicted molar refractivity (Wildman–Crippen MR) is 71.0 cm³/mol. The molecule has 0 amide bonds. The smallest absolute Gasteiger partial charge is 0.173 e. The van der Waals surface area contributed by atoms with Gasteiger partial charge in [0.15, 0.2) is 17.4 Å². The highest BCUT2D eigenvalue weighted by atomic mass is 79.9. The van der Waals surface area contributed by atoms with Crippen LogP contribution >= 0.6 is 27.3 Å². The molecule has 5 heteroatoms. The van der Waals surface area contributed by atoms with E-state index in [1.165, 1.54) is 6.07 Å². The van der Waals surface area contributed by atoms with Gasteiger partial charge in [0.25, 0.3) is 0 Å². The number of benzene rings is 1. The van der Waals surface area contributed by atoms with Crippen molar-refractivity contribution in [3.63, 3.8) is 0 Å². The Labute approximate surface area is 116 Å². The van der Waals surface area contributed by atoms with Crippen LogP contribution in [-0.2, 0) is 6.42 Å². The van der Waals surface area contributed by atoms with Gasteiger partial charge in [-0.3, -0.25) is 4.79 Å². The lowest BCUT2D eigenvalue weighted by atomic mass is 10.1. The van der Waals surface area contributed by atoms with Crippen molar-refractivity contribution < 1.29 is 13.6 Å². The third kappa shape index (κ3) is 2.84. The van der Waals surface area contributed by atoms with Crippen molar-refractivity contribution in [3.8, 4) is 0 Å².